The highest BCUT2D eigenvalue weighted by Gasteiger charge is 2.34. The van der Waals surface area contributed by atoms with Gasteiger partial charge in [0.05, 0.1) is 30.0 Å². The second kappa shape index (κ2) is 8.32. The van der Waals surface area contributed by atoms with E-state index in [4.69, 9.17) is 21.1 Å². The number of anilines is 1. The SMILES string of the molecule is CC(C)(C)OC(=O)N(c1cc(Cl)nc2c1cnn2C1CCC(CO)O1)C1CCCC1. The molecular formula is C21H29ClN4O4. The minimum absolute atomic E-state index is 0.0246. The van der Waals surface area contributed by atoms with E-state index in [1.165, 1.54) is 0 Å². The van der Waals surface area contributed by atoms with Crippen molar-refractivity contribution in [2.75, 3.05) is 11.5 Å². The van der Waals surface area contributed by atoms with Crippen molar-refractivity contribution < 1.29 is 19.4 Å². The Morgan fingerprint density at radius 2 is 2.07 bits per heavy atom. The quantitative estimate of drug-likeness (QED) is 0.712. The lowest BCUT2D eigenvalue weighted by molar-refractivity contribution is -0.0262. The lowest BCUT2D eigenvalue weighted by Crippen LogP contribution is -2.42. The van der Waals surface area contributed by atoms with E-state index in [1.54, 1.807) is 21.8 Å². The lowest BCUT2D eigenvalue weighted by atomic mass is 10.1. The summed E-state index contributed by atoms with van der Waals surface area (Å²) in [5, 5.41) is 14.9. The van der Waals surface area contributed by atoms with E-state index in [0.29, 0.717) is 11.3 Å². The highest BCUT2D eigenvalue weighted by molar-refractivity contribution is 6.30. The summed E-state index contributed by atoms with van der Waals surface area (Å²) in [7, 11) is 0. The normalized spacial score (nSPS) is 22.7. The number of hydrogen-bond acceptors (Lipinski definition) is 6. The van der Waals surface area contributed by atoms with Crippen LogP contribution in [0.4, 0.5) is 10.5 Å². The van der Waals surface area contributed by atoms with Crippen LogP contribution in [0.25, 0.3) is 11.0 Å². The van der Waals surface area contributed by atoms with Crippen LogP contribution in [0.2, 0.25) is 5.15 Å². The Bertz CT molecular complexity index is 920. The van der Waals surface area contributed by atoms with Crippen molar-refractivity contribution in [3.05, 3.63) is 17.4 Å². The zero-order chi connectivity index (χ0) is 21.5. The van der Waals surface area contributed by atoms with Gasteiger partial charge in [-0.1, -0.05) is 24.4 Å². The molecule has 1 aliphatic heterocycles. The fraction of sp³-hybridized carbons (Fsp3) is 0.667. The Morgan fingerprint density at radius 3 is 2.70 bits per heavy atom. The Morgan fingerprint density at radius 1 is 1.33 bits per heavy atom. The molecule has 1 aliphatic carbocycles. The third kappa shape index (κ3) is 4.26. The first-order chi connectivity index (χ1) is 14.3. The molecule has 1 N–H and O–H groups in total. The highest BCUT2D eigenvalue weighted by Crippen LogP contribution is 2.37. The number of aliphatic hydroxyl groups is 1. The summed E-state index contributed by atoms with van der Waals surface area (Å²) in [6.45, 7) is 5.56. The number of aromatic nitrogens is 3. The van der Waals surface area contributed by atoms with Crippen molar-refractivity contribution in [1.82, 2.24) is 14.8 Å². The molecule has 2 aromatic heterocycles. The molecule has 3 heterocycles. The van der Waals surface area contributed by atoms with E-state index in [-0.39, 0.29) is 36.2 Å². The minimum atomic E-state index is -0.606. The number of carbonyl (C=O) groups is 1. The Labute approximate surface area is 181 Å². The molecule has 2 aliphatic rings. The maximum atomic E-state index is 13.2. The first-order valence-electron chi connectivity index (χ1n) is 10.6. The van der Waals surface area contributed by atoms with E-state index < -0.39 is 5.60 Å². The van der Waals surface area contributed by atoms with Crippen molar-refractivity contribution in [3.8, 4) is 0 Å². The lowest BCUT2D eigenvalue weighted by Gasteiger charge is -2.32. The van der Waals surface area contributed by atoms with Gasteiger partial charge in [-0.15, -0.1) is 0 Å². The van der Waals surface area contributed by atoms with E-state index in [0.717, 1.165) is 43.9 Å². The molecule has 4 rings (SSSR count). The van der Waals surface area contributed by atoms with Gasteiger partial charge in [0.25, 0.3) is 0 Å². The van der Waals surface area contributed by atoms with Gasteiger partial charge in [-0.05, 0) is 46.5 Å². The fourth-order valence-corrected chi connectivity index (χ4v) is 4.48. The van der Waals surface area contributed by atoms with Crippen LogP contribution in [-0.4, -0.2) is 50.3 Å². The third-order valence-corrected chi connectivity index (χ3v) is 5.81. The molecule has 0 aromatic carbocycles. The molecular weight excluding hydrogens is 408 g/mol. The van der Waals surface area contributed by atoms with Crippen LogP contribution < -0.4 is 4.90 Å². The topological polar surface area (TPSA) is 89.7 Å². The number of hydrogen-bond donors (Lipinski definition) is 1. The molecule has 0 radical (unpaired) electrons. The molecule has 2 atom stereocenters. The van der Waals surface area contributed by atoms with Gasteiger partial charge < -0.3 is 14.6 Å². The van der Waals surface area contributed by atoms with Crippen molar-refractivity contribution in [1.29, 1.82) is 0 Å². The molecule has 2 aromatic rings. The fourth-order valence-electron chi connectivity index (χ4n) is 4.30. The van der Waals surface area contributed by atoms with Gasteiger partial charge >= 0.3 is 6.09 Å². The predicted molar refractivity (Wildman–Crippen MR) is 114 cm³/mol. The standard InChI is InChI=1S/C21H29ClN4O4/c1-21(2,3)30-20(28)25(13-6-4-5-7-13)16-10-17(22)24-19-15(16)11-23-26(19)18-9-8-14(12-27)29-18/h10-11,13-14,18,27H,4-9,12H2,1-3H3. The van der Waals surface area contributed by atoms with E-state index >= 15 is 0 Å². The molecule has 1 saturated heterocycles. The van der Waals surface area contributed by atoms with Gasteiger partial charge in [-0.25, -0.2) is 14.5 Å². The van der Waals surface area contributed by atoms with Crippen molar-refractivity contribution in [2.24, 2.45) is 0 Å². The van der Waals surface area contributed by atoms with Crippen LogP contribution in [0, 0.1) is 0 Å². The van der Waals surface area contributed by atoms with Crippen LogP contribution in [0.3, 0.4) is 0 Å². The molecule has 1 amide bonds. The monoisotopic (exact) mass is 436 g/mol. The molecule has 2 unspecified atom stereocenters. The Kier molecular flexibility index (Phi) is 5.92. The molecule has 1 saturated carbocycles. The van der Waals surface area contributed by atoms with E-state index in [1.807, 2.05) is 20.8 Å². The third-order valence-electron chi connectivity index (χ3n) is 5.61. The van der Waals surface area contributed by atoms with Crippen molar-refractivity contribution in [3.63, 3.8) is 0 Å². The molecule has 0 spiro atoms. The molecule has 2 fully saturated rings. The van der Waals surface area contributed by atoms with Crippen LogP contribution in [0.1, 0.15) is 65.5 Å². The van der Waals surface area contributed by atoms with E-state index in [9.17, 15) is 9.90 Å². The number of pyridine rings is 1. The highest BCUT2D eigenvalue weighted by atomic mass is 35.5. The summed E-state index contributed by atoms with van der Waals surface area (Å²) in [4.78, 5) is 19.4. The Hall–Kier alpha value is -1.90. The Balaban J connectivity index is 1.76. The number of nitrogens with zero attached hydrogens (tertiary/aromatic N) is 4. The zero-order valence-corrected chi connectivity index (χ0v) is 18.4. The number of ether oxygens (including phenoxy) is 2. The largest absolute Gasteiger partial charge is 0.443 e. The van der Waals surface area contributed by atoms with E-state index in [2.05, 4.69) is 10.1 Å². The second-order valence-electron chi connectivity index (χ2n) is 9.05. The summed E-state index contributed by atoms with van der Waals surface area (Å²) >= 11 is 6.39. The molecule has 30 heavy (non-hydrogen) atoms. The molecule has 0 bridgehead atoms. The maximum absolute atomic E-state index is 13.2. The first kappa shape index (κ1) is 21.3. The van der Waals surface area contributed by atoms with Crippen LogP contribution in [-0.2, 0) is 9.47 Å². The number of fused-ring (bicyclic) bond motifs is 1. The van der Waals surface area contributed by atoms with Crippen LogP contribution in [0.5, 0.6) is 0 Å². The van der Waals surface area contributed by atoms with Gasteiger partial charge in [0.2, 0.25) is 0 Å². The number of aliphatic hydroxyl groups excluding tert-OH is 1. The number of carbonyl (C=O) groups excluding carboxylic acids is 1. The van der Waals surface area contributed by atoms with Crippen molar-refractivity contribution >= 4 is 34.4 Å². The van der Waals surface area contributed by atoms with Crippen LogP contribution >= 0.6 is 11.6 Å². The molecule has 8 nitrogen and oxygen atoms in total. The number of rotatable bonds is 4. The average Bonchev–Trinajstić information content (AvgIpc) is 3.40. The minimum Gasteiger partial charge on any atom is -0.443 e. The van der Waals surface area contributed by atoms with Gasteiger partial charge in [-0.3, -0.25) is 4.90 Å². The molecule has 164 valence electrons. The second-order valence-corrected chi connectivity index (χ2v) is 9.44. The maximum Gasteiger partial charge on any atom is 0.415 e. The smallest absolute Gasteiger partial charge is 0.415 e. The summed E-state index contributed by atoms with van der Waals surface area (Å²) in [5.74, 6) is 0. The average molecular weight is 437 g/mol. The van der Waals surface area contributed by atoms with Gasteiger partial charge in [-0.2, -0.15) is 5.10 Å². The summed E-state index contributed by atoms with van der Waals surface area (Å²) in [5.41, 5.74) is 0.618. The number of amides is 1. The molecule has 9 heteroatoms. The number of halogens is 1. The zero-order valence-electron chi connectivity index (χ0n) is 17.7. The summed E-state index contributed by atoms with van der Waals surface area (Å²) < 4.78 is 13.3. The summed E-state index contributed by atoms with van der Waals surface area (Å²) in [6, 6.07) is 1.76. The summed E-state index contributed by atoms with van der Waals surface area (Å²) in [6.07, 6.45) is 6.25. The van der Waals surface area contributed by atoms with Gasteiger partial charge in [0.1, 0.15) is 10.8 Å². The van der Waals surface area contributed by atoms with Gasteiger partial charge in [0, 0.05) is 12.1 Å². The van der Waals surface area contributed by atoms with Gasteiger partial charge in [0.15, 0.2) is 11.9 Å². The predicted octanol–water partition coefficient (Wildman–Crippen LogP) is 4.44. The first-order valence-corrected chi connectivity index (χ1v) is 11.0. The van der Waals surface area contributed by atoms with Crippen molar-refractivity contribution in [2.45, 2.75) is 83.3 Å². The van der Waals surface area contributed by atoms with Crippen LogP contribution in [0.15, 0.2) is 12.3 Å².